The van der Waals surface area contributed by atoms with E-state index >= 15 is 0 Å². The predicted octanol–water partition coefficient (Wildman–Crippen LogP) is 2.95. The fraction of sp³-hybridized carbons (Fsp3) is 0.647. The van der Waals surface area contributed by atoms with Gasteiger partial charge in [0.05, 0.1) is 23.4 Å². The van der Waals surface area contributed by atoms with Gasteiger partial charge in [-0.15, -0.1) is 0 Å². The van der Waals surface area contributed by atoms with Crippen molar-refractivity contribution in [2.45, 2.75) is 31.7 Å². The average molecular weight is 397 g/mol. The molecule has 0 bridgehead atoms. The Balaban J connectivity index is 1.59. The molecule has 1 aromatic heterocycles. The standard InChI is InChI=1S/C17H25BrN4O2/c1-2-17(22-9-11-24-12-10-22)4-7-21(8-5-17)16(23)20-15-3-6-19-13-14(15)18/h3,6,13H,2,4-5,7-12H2,1H3,(H,19,20,23). The summed E-state index contributed by atoms with van der Waals surface area (Å²) >= 11 is 3.42. The second-order valence-electron chi connectivity index (χ2n) is 6.45. The number of amides is 2. The number of carbonyl (C=O) groups excluding carboxylic acids is 1. The molecule has 0 atom stereocenters. The Hall–Kier alpha value is -1.18. The van der Waals surface area contributed by atoms with E-state index in [0.29, 0.717) is 0 Å². The summed E-state index contributed by atoms with van der Waals surface area (Å²) in [6.07, 6.45) is 6.53. The number of nitrogens with zero attached hydrogens (tertiary/aromatic N) is 3. The van der Waals surface area contributed by atoms with Crippen LogP contribution in [-0.2, 0) is 4.74 Å². The lowest BCUT2D eigenvalue weighted by molar-refractivity contribution is -0.0449. The van der Waals surface area contributed by atoms with Gasteiger partial charge in [0, 0.05) is 44.1 Å². The Morgan fingerprint density at radius 3 is 2.67 bits per heavy atom. The van der Waals surface area contributed by atoms with Crippen LogP contribution in [0.25, 0.3) is 0 Å². The van der Waals surface area contributed by atoms with Crippen LogP contribution in [0.3, 0.4) is 0 Å². The number of nitrogens with one attached hydrogen (secondary N) is 1. The molecule has 2 fully saturated rings. The number of likely N-dealkylation sites (tertiary alicyclic amines) is 1. The van der Waals surface area contributed by atoms with Gasteiger partial charge in [-0.2, -0.15) is 0 Å². The van der Waals surface area contributed by atoms with Gasteiger partial charge in [-0.25, -0.2) is 4.79 Å². The summed E-state index contributed by atoms with van der Waals surface area (Å²) in [6.45, 7) is 7.50. The monoisotopic (exact) mass is 396 g/mol. The Kier molecular flexibility index (Phi) is 5.73. The summed E-state index contributed by atoms with van der Waals surface area (Å²) < 4.78 is 6.29. The van der Waals surface area contributed by atoms with Crippen molar-refractivity contribution in [3.8, 4) is 0 Å². The number of hydrogen-bond donors (Lipinski definition) is 1. The van der Waals surface area contributed by atoms with E-state index in [1.54, 1.807) is 18.5 Å². The first-order valence-electron chi connectivity index (χ1n) is 8.63. The maximum Gasteiger partial charge on any atom is 0.321 e. The number of morpholine rings is 1. The van der Waals surface area contributed by atoms with Crippen LogP contribution < -0.4 is 5.32 Å². The molecule has 2 aliphatic rings. The highest BCUT2D eigenvalue weighted by Crippen LogP contribution is 2.33. The third-order valence-corrected chi connectivity index (χ3v) is 5.97. The molecule has 0 saturated carbocycles. The number of piperidine rings is 1. The molecule has 132 valence electrons. The number of ether oxygens (including phenoxy) is 1. The van der Waals surface area contributed by atoms with Gasteiger partial charge in [-0.1, -0.05) is 6.92 Å². The van der Waals surface area contributed by atoms with E-state index in [1.807, 2.05) is 4.90 Å². The van der Waals surface area contributed by atoms with E-state index in [0.717, 1.165) is 68.8 Å². The lowest BCUT2D eigenvalue weighted by Crippen LogP contribution is -2.59. The fourth-order valence-corrected chi connectivity index (χ4v) is 4.08. The minimum Gasteiger partial charge on any atom is -0.379 e. The van der Waals surface area contributed by atoms with E-state index < -0.39 is 0 Å². The van der Waals surface area contributed by atoms with Crippen LogP contribution in [0.1, 0.15) is 26.2 Å². The predicted molar refractivity (Wildman–Crippen MR) is 97.2 cm³/mol. The van der Waals surface area contributed by atoms with Crippen LogP contribution in [-0.4, -0.2) is 65.7 Å². The highest BCUT2D eigenvalue weighted by Gasteiger charge is 2.39. The maximum atomic E-state index is 12.5. The maximum absolute atomic E-state index is 12.5. The summed E-state index contributed by atoms with van der Waals surface area (Å²) in [6, 6.07) is 1.77. The largest absolute Gasteiger partial charge is 0.379 e. The summed E-state index contributed by atoms with van der Waals surface area (Å²) in [4.78, 5) is 21.0. The van der Waals surface area contributed by atoms with Gasteiger partial charge in [0.2, 0.25) is 0 Å². The highest BCUT2D eigenvalue weighted by molar-refractivity contribution is 9.10. The minimum atomic E-state index is -0.0337. The summed E-state index contributed by atoms with van der Waals surface area (Å²) in [7, 11) is 0. The van der Waals surface area contributed by atoms with Crippen molar-refractivity contribution < 1.29 is 9.53 Å². The number of pyridine rings is 1. The molecular weight excluding hydrogens is 372 g/mol. The third-order valence-electron chi connectivity index (χ3n) is 5.34. The molecule has 24 heavy (non-hydrogen) atoms. The van der Waals surface area contributed by atoms with Crippen molar-refractivity contribution in [1.29, 1.82) is 0 Å². The zero-order chi connectivity index (χ0) is 17.0. The lowest BCUT2D eigenvalue weighted by atomic mass is 9.83. The summed E-state index contributed by atoms with van der Waals surface area (Å²) in [5.41, 5.74) is 0.980. The second kappa shape index (κ2) is 7.80. The lowest BCUT2D eigenvalue weighted by Gasteiger charge is -2.49. The summed E-state index contributed by atoms with van der Waals surface area (Å²) in [5.74, 6) is 0. The zero-order valence-electron chi connectivity index (χ0n) is 14.1. The van der Waals surface area contributed by atoms with E-state index in [-0.39, 0.29) is 11.6 Å². The van der Waals surface area contributed by atoms with Crippen molar-refractivity contribution in [3.05, 3.63) is 22.9 Å². The van der Waals surface area contributed by atoms with Gasteiger partial charge in [-0.3, -0.25) is 9.88 Å². The van der Waals surface area contributed by atoms with Crippen molar-refractivity contribution >= 4 is 27.6 Å². The van der Waals surface area contributed by atoms with Crippen molar-refractivity contribution in [2.75, 3.05) is 44.7 Å². The molecule has 2 amide bonds. The van der Waals surface area contributed by atoms with Gasteiger partial charge in [0.15, 0.2) is 0 Å². The SMILES string of the molecule is CCC1(N2CCOCC2)CCN(C(=O)Nc2ccncc2Br)CC1. The molecule has 2 aliphatic heterocycles. The first kappa shape index (κ1) is 17.6. The molecule has 0 radical (unpaired) electrons. The molecule has 6 nitrogen and oxygen atoms in total. The molecule has 0 spiro atoms. The van der Waals surface area contributed by atoms with Crippen LogP contribution in [0.2, 0.25) is 0 Å². The molecule has 7 heteroatoms. The zero-order valence-corrected chi connectivity index (χ0v) is 15.7. The van der Waals surface area contributed by atoms with Crippen LogP contribution in [0, 0.1) is 0 Å². The Morgan fingerprint density at radius 1 is 1.33 bits per heavy atom. The van der Waals surface area contributed by atoms with Crippen LogP contribution in [0.15, 0.2) is 22.9 Å². The van der Waals surface area contributed by atoms with Crippen molar-refractivity contribution in [2.24, 2.45) is 0 Å². The van der Waals surface area contributed by atoms with Gasteiger partial charge >= 0.3 is 6.03 Å². The van der Waals surface area contributed by atoms with E-state index in [9.17, 15) is 4.79 Å². The normalized spacial score (nSPS) is 21.5. The van der Waals surface area contributed by atoms with Crippen LogP contribution in [0.4, 0.5) is 10.5 Å². The molecule has 1 aromatic rings. The molecule has 0 aliphatic carbocycles. The summed E-state index contributed by atoms with van der Waals surface area (Å²) in [5, 5.41) is 2.97. The van der Waals surface area contributed by atoms with Crippen molar-refractivity contribution in [3.63, 3.8) is 0 Å². The number of anilines is 1. The van der Waals surface area contributed by atoms with E-state index in [4.69, 9.17) is 4.74 Å². The molecule has 3 rings (SSSR count). The number of halogens is 1. The highest BCUT2D eigenvalue weighted by atomic mass is 79.9. The van der Waals surface area contributed by atoms with Crippen molar-refractivity contribution in [1.82, 2.24) is 14.8 Å². The molecule has 0 aromatic carbocycles. The van der Waals surface area contributed by atoms with Gasteiger partial charge < -0.3 is 15.0 Å². The van der Waals surface area contributed by atoms with Crippen LogP contribution >= 0.6 is 15.9 Å². The molecule has 1 N–H and O–H groups in total. The number of aromatic nitrogens is 1. The topological polar surface area (TPSA) is 57.7 Å². The smallest absolute Gasteiger partial charge is 0.321 e. The number of rotatable bonds is 3. The Bertz CT molecular complexity index is 569. The second-order valence-corrected chi connectivity index (χ2v) is 7.30. The Labute approximate surface area is 151 Å². The average Bonchev–Trinajstić information content (AvgIpc) is 2.64. The third kappa shape index (κ3) is 3.73. The number of carbonyl (C=O) groups is 1. The molecule has 2 saturated heterocycles. The molecule has 3 heterocycles. The fourth-order valence-electron chi connectivity index (χ4n) is 3.73. The van der Waals surface area contributed by atoms with Gasteiger partial charge in [-0.05, 0) is 41.3 Å². The first-order valence-corrected chi connectivity index (χ1v) is 9.42. The van der Waals surface area contributed by atoms with E-state index in [1.165, 1.54) is 0 Å². The van der Waals surface area contributed by atoms with E-state index in [2.05, 4.69) is 38.1 Å². The number of urea groups is 1. The number of hydrogen-bond acceptors (Lipinski definition) is 4. The quantitative estimate of drug-likeness (QED) is 0.852. The molecular formula is C17H25BrN4O2. The first-order chi connectivity index (χ1) is 11.6. The van der Waals surface area contributed by atoms with Gasteiger partial charge in [0.25, 0.3) is 0 Å². The van der Waals surface area contributed by atoms with Gasteiger partial charge in [0.1, 0.15) is 0 Å². The molecule has 0 unspecified atom stereocenters. The Morgan fingerprint density at radius 2 is 2.04 bits per heavy atom. The van der Waals surface area contributed by atoms with Crippen LogP contribution in [0.5, 0.6) is 0 Å². The minimum absolute atomic E-state index is 0.0337.